The summed E-state index contributed by atoms with van der Waals surface area (Å²) in [6.45, 7) is 9.67. The summed E-state index contributed by atoms with van der Waals surface area (Å²) in [5.41, 5.74) is 2.72. The maximum Gasteiger partial charge on any atom is 0.320 e. The summed E-state index contributed by atoms with van der Waals surface area (Å²) in [6.07, 6.45) is 7.07. The van der Waals surface area contributed by atoms with Crippen LogP contribution >= 0.6 is 0 Å². The van der Waals surface area contributed by atoms with Gasteiger partial charge in [-0.3, -0.25) is 4.21 Å². The van der Waals surface area contributed by atoms with Crippen molar-refractivity contribution < 1.29 is 14.5 Å². The molecule has 4 rings (SSSR count). The van der Waals surface area contributed by atoms with Crippen molar-refractivity contribution >= 4 is 16.8 Å². The van der Waals surface area contributed by atoms with E-state index in [1.807, 2.05) is 6.07 Å². The topological polar surface area (TPSA) is 72.1 Å². The van der Waals surface area contributed by atoms with Gasteiger partial charge in [-0.2, -0.15) is 0 Å². The number of urea groups is 1. The number of likely N-dealkylation sites (tertiary alicyclic amines) is 2. The van der Waals surface area contributed by atoms with E-state index in [2.05, 4.69) is 42.7 Å². The molecule has 6 heteroatoms. The standard InChI is InChI=1S/C22H32N2O2S.H2O/c1-21(2)19-15-16-14-17(27(4)26)8-9-18(16)22(21,3)10-13-24(19)20(25)23-11-6-5-7-12-23;/h8-9,14,19H,5-7,10-13,15H2,1-4H3;1H2/t19-,22+,27?;/m1./s1. The number of fused-ring (bicyclic) bond motifs is 4. The molecule has 2 N–H and O–H groups in total. The molecule has 2 amide bonds. The van der Waals surface area contributed by atoms with Crippen LogP contribution in [0.2, 0.25) is 0 Å². The van der Waals surface area contributed by atoms with Gasteiger partial charge < -0.3 is 15.3 Å². The zero-order valence-corrected chi connectivity index (χ0v) is 18.4. The number of hydrogen-bond donors (Lipinski definition) is 0. The van der Waals surface area contributed by atoms with Crippen LogP contribution in [0.25, 0.3) is 0 Å². The molecule has 2 fully saturated rings. The fraction of sp³-hybridized carbons (Fsp3) is 0.682. The van der Waals surface area contributed by atoms with Gasteiger partial charge >= 0.3 is 6.03 Å². The molecule has 3 atom stereocenters. The summed E-state index contributed by atoms with van der Waals surface area (Å²) in [4.78, 5) is 18.5. The van der Waals surface area contributed by atoms with Crippen LogP contribution in [-0.2, 0) is 22.6 Å². The molecule has 0 aromatic heterocycles. The fourth-order valence-corrected chi connectivity index (χ4v) is 6.15. The van der Waals surface area contributed by atoms with E-state index in [4.69, 9.17) is 0 Å². The van der Waals surface area contributed by atoms with Crippen molar-refractivity contribution in [2.75, 3.05) is 25.9 Å². The smallest absolute Gasteiger partial charge is 0.320 e. The molecule has 0 saturated carbocycles. The van der Waals surface area contributed by atoms with Gasteiger partial charge in [-0.1, -0.05) is 26.8 Å². The van der Waals surface area contributed by atoms with E-state index in [0.717, 1.165) is 50.2 Å². The normalized spacial score (nSPS) is 29.5. The number of piperidine rings is 2. The Kier molecular flexibility index (Phi) is 5.67. The van der Waals surface area contributed by atoms with Crippen LogP contribution in [0.3, 0.4) is 0 Å². The van der Waals surface area contributed by atoms with Gasteiger partial charge in [0.15, 0.2) is 0 Å². The summed E-state index contributed by atoms with van der Waals surface area (Å²) in [6, 6.07) is 6.78. The van der Waals surface area contributed by atoms with Crippen molar-refractivity contribution in [1.29, 1.82) is 0 Å². The number of hydrogen-bond acceptors (Lipinski definition) is 2. The van der Waals surface area contributed by atoms with Gasteiger partial charge in [0.2, 0.25) is 0 Å². The van der Waals surface area contributed by atoms with Gasteiger partial charge in [0.25, 0.3) is 0 Å². The molecule has 2 saturated heterocycles. The Labute approximate surface area is 171 Å². The third kappa shape index (κ3) is 3.09. The van der Waals surface area contributed by atoms with Crippen LogP contribution in [-0.4, -0.2) is 57.4 Å². The van der Waals surface area contributed by atoms with Crippen LogP contribution in [0.5, 0.6) is 0 Å². The number of rotatable bonds is 1. The van der Waals surface area contributed by atoms with Gasteiger partial charge in [0.1, 0.15) is 0 Å². The molecule has 0 radical (unpaired) electrons. The summed E-state index contributed by atoms with van der Waals surface area (Å²) < 4.78 is 12.0. The largest absolute Gasteiger partial charge is 0.412 e. The van der Waals surface area contributed by atoms with E-state index in [1.54, 1.807) is 6.26 Å². The van der Waals surface area contributed by atoms with Crippen molar-refractivity contribution in [3.63, 3.8) is 0 Å². The molecule has 1 aromatic rings. The Morgan fingerprint density at radius 3 is 2.43 bits per heavy atom. The maximum absolute atomic E-state index is 13.3. The first kappa shape index (κ1) is 21.3. The van der Waals surface area contributed by atoms with Gasteiger partial charge in [-0.15, -0.1) is 0 Å². The summed E-state index contributed by atoms with van der Waals surface area (Å²) in [5.74, 6) is 0. The highest BCUT2D eigenvalue weighted by Crippen LogP contribution is 2.56. The summed E-state index contributed by atoms with van der Waals surface area (Å²) in [7, 11) is -0.976. The highest BCUT2D eigenvalue weighted by Gasteiger charge is 2.57. The molecule has 2 bridgehead atoms. The van der Waals surface area contributed by atoms with Crippen molar-refractivity contribution in [2.24, 2.45) is 5.41 Å². The van der Waals surface area contributed by atoms with Gasteiger partial charge in [-0.25, -0.2) is 4.79 Å². The number of carbonyl (C=O) groups excluding carboxylic acids is 1. The van der Waals surface area contributed by atoms with Crippen molar-refractivity contribution in [3.8, 4) is 0 Å². The molecule has 1 aromatic carbocycles. The van der Waals surface area contributed by atoms with Gasteiger partial charge in [0.05, 0.1) is 0 Å². The molecule has 0 spiro atoms. The second kappa shape index (κ2) is 7.45. The number of nitrogens with zero attached hydrogens (tertiary/aromatic N) is 2. The van der Waals surface area contributed by atoms with Gasteiger partial charge in [-0.05, 0) is 60.8 Å². The SMILES string of the molecule is CS(=O)c1ccc2c(c1)C[C@H]1N(C(=O)N3CCCCC3)CC[C@]2(C)C1(C)C.O. The average molecular weight is 407 g/mol. The molecule has 2 heterocycles. The van der Waals surface area contributed by atoms with E-state index in [0.29, 0.717) is 0 Å². The first-order valence-corrected chi connectivity index (χ1v) is 11.8. The van der Waals surface area contributed by atoms with Crippen molar-refractivity contribution in [3.05, 3.63) is 29.3 Å². The van der Waals surface area contributed by atoms with E-state index in [1.165, 1.54) is 17.5 Å². The first-order valence-electron chi connectivity index (χ1n) is 10.3. The lowest BCUT2D eigenvalue weighted by atomic mass is 9.51. The zero-order chi connectivity index (χ0) is 19.4. The van der Waals surface area contributed by atoms with Crippen molar-refractivity contribution in [2.45, 2.75) is 69.2 Å². The van der Waals surface area contributed by atoms with E-state index in [9.17, 15) is 9.00 Å². The average Bonchev–Trinajstić information content (AvgIpc) is 2.64. The Bertz CT molecular complexity index is 788. The molecule has 28 heavy (non-hydrogen) atoms. The molecule has 2 aliphatic heterocycles. The first-order chi connectivity index (χ1) is 12.8. The predicted octanol–water partition coefficient (Wildman–Crippen LogP) is 3.12. The van der Waals surface area contributed by atoms with Gasteiger partial charge in [0, 0.05) is 53.0 Å². The molecule has 3 aliphatic rings. The van der Waals surface area contributed by atoms with Crippen LogP contribution < -0.4 is 0 Å². The Balaban J connectivity index is 0.00000225. The lowest BCUT2D eigenvalue weighted by molar-refractivity contribution is -0.0243. The minimum atomic E-state index is -0.976. The van der Waals surface area contributed by atoms with Crippen LogP contribution in [0, 0.1) is 5.41 Å². The summed E-state index contributed by atoms with van der Waals surface area (Å²) in [5, 5.41) is 0. The number of carbonyl (C=O) groups is 1. The minimum Gasteiger partial charge on any atom is -0.412 e. The second-order valence-corrected chi connectivity index (χ2v) is 10.7. The number of benzene rings is 1. The predicted molar refractivity (Wildman–Crippen MR) is 113 cm³/mol. The lowest BCUT2D eigenvalue weighted by Gasteiger charge is -2.61. The van der Waals surface area contributed by atoms with Crippen LogP contribution in [0.4, 0.5) is 4.79 Å². The highest BCUT2D eigenvalue weighted by atomic mass is 32.2. The second-order valence-electron chi connectivity index (χ2n) is 9.32. The molecule has 1 aliphatic carbocycles. The van der Waals surface area contributed by atoms with E-state index >= 15 is 0 Å². The molecular formula is C22H34N2O3S. The quantitative estimate of drug-likeness (QED) is 0.719. The lowest BCUT2D eigenvalue weighted by Crippen LogP contribution is -2.66. The molecule has 1 unspecified atom stereocenters. The Morgan fingerprint density at radius 1 is 1.11 bits per heavy atom. The van der Waals surface area contributed by atoms with E-state index < -0.39 is 10.8 Å². The fourth-order valence-electron chi connectivity index (χ4n) is 5.59. The zero-order valence-electron chi connectivity index (χ0n) is 17.6. The Hall–Kier alpha value is -1.40. The Morgan fingerprint density at radius 2 is 1.79 bits per heavy atom. The van der Waals surface area contributed by atoms with Crippen LogP contribution in [0.15, 0.2) is 23.1 Å². The number of amides is 2. The molecular weight excluding hydrogens is 372 g/mol. The van der Waals surface area contributed by atoms with Crippen molar-refractivity contribution in [1.82, 2.24) is 9.80 Å². The summed E-state index contributed by atoms with van der Waals surface area (Å²) >= 11 is 0. The molecule has 156 valence electrons. The minimum absolute atomic E-state index is 0. The van der Waals surface area contributed by atoms with E-state index in [-0.39, 0.29) is 28.4 Å². The maximum atomic E-state index is 13.3. The van der Waals surface area contributed by atoms with Crippen LogP contribution in [0.1, 0.15) is 57.6 Å². The third-order valence-corrected chi connectivity index (χ3v) is 8.69. The highest BCUT2D eigenvalue weighted by molar-refractivity contribution is 7.84. The monoisotopic (exact) mass is 406 g/mol. The third-order valence-electron chi connectivity index (χ3n) is 7.77. The molecule has 5 nitrogen and oxygen atoms in total.